The normalized spacial score (nSPS) is 16.5. The van der Waals surface area contributed by atoms with Crippen LogP contribution in [0.2, 0.25) is 0 Å². The molecule has 0 bridgehead atoms. The molecule has 0 saturated heterocycles. The molecule has 1 atom stereocenters. The summed E-state index contributed by atoms with van der Waals surface area (Å²) in [4.78, 5) is 2.37. The van der Waals surface area contributed by atoms with Gasteiger partial charge in [-0.15, -0.1) is 0 Å². The first-order valence-electron chi connectivity index (χ1n) is 6.26. The van der Waals surface area contributed by atoms with Gasteiger partial charge in [0.2, 0.25) is 0 Å². The maximum Gasteiger partial charge on any atom is 0.0952 e. The van der Waals surface area contributed by atoms with Crippen molar-refractivity contribution in [3.63, 3.8) is 0 Å². The van der Waals surface area contributed by atoms with Crippen LogP contribution in [0.3, 0.4) is 0 Å². The molecule has 92 valence electrons. The fraction of sp³-hybridized carbons (Fsp3) is 0.500. The smallest absolute Gasteiger partial charge is 0.0952 e. The van der Waals surface area contributed by atoms with Crippen LogP contribution in [-0.4, -0.2) is 18.9 Å². The maximum absolute atomic E-state index is 7.49. The van der Waals surface area contributed by atoms with Gasteiger partial charge in [-0.2, -0.15) is 0 Å². The molecule has 1 aromatic rings. The number of nitrogens with two attached hydrogens (primary N) is 1. The lowest BCUT2D eigenvalue weighted by Gasteiger charge is -2.33. The number of nitrogens with zero attached hydrogens (tertiary/aromatic N) is 1. The summed E-state index contributed by atoms with van der Waals surface area (Å²) in [7, 11) is 0. The van der Waals surface area contributed by atoms with Gasteiger partial charge in [-0.25, -0.2) is 0 Å². The molecule has 3 heteroatoms. The summed E-state index contributed by atoms with van der Waals surface area (Å²) in [5.41, 5.74) is 9.64. The summed E-state index contributed by atoms with van der Waals surface area (Å²) in [5.74, 6) is 0.409. The van der Waals surface area contributed by atoms with Gasteiger partial charge in [-0.05, 0) is 31.4 Å². The van der Waals surface area contributed by atoms with Gasteiger partial charge >= 0.3 is 0 Å². The van der Waals surface area contributed by atoms with Crippen LogP contribution in [0.25, 0.3) is 0 Å². The monoisotopic (exact) mass is 231 g/mol. The molecule has 17 heavy (non-hydrogen) atoms. The number of hydrogen-bond donors (Lipinski definition) is 2. The first-order valence-corrected chi connectivity index (χ1v) is 6.26. The number of fused-ring (bicyclic) bond motifs is 1. The van der Waals surface area contributed by atoms with Crippen molar-refractivity contribution >= 4 is 11.5 Å². The van der Waals surface area contributed by atoms with E-state index in [-0.39, 0.29) is 11.8 Å². The molecule has 2 rings (SSSR count). The Labute approximate surface area is 103 Å². The van der Waals surface area contributed by atoms with E-state index < -0.39 is 0 Å². The highest BCUT2D eigenvalue weighted by Crippen LogP contribution is 2.28. The van der Waals surface area contributed by atoms with Crippen LogP contribution in [0.15, 0.2) is 18.2 Å². The Kier molecular flexibility index (Phi) is 3.36. The average Bonchev–Trinajstić information content (AvgIpc) is 2.28. The minimum atomic E-state index is 0.127. The Bertz CT molecular complexity index is 425. The van der Waals surface area contributed by atoms with Crippen molar-refractivity contribution in [2.75, 3.05) is 18.0 Å². The van der Waals surface area contributed by atoms with Crippen LogP contribution in [0, 0.1) is 18.3 Å². The minimum Gasteiger partial charge on any atom is -0.387 e. The Balaban J connectivity index is 2.20. The Morgan fingerprint density at radius 3 is 3.00 bits per heavy atom. The minimum absolute atomic E-state index is 0.127. The second-order valence-electron chi connectivity index (χ2n) is 5.04. The fourth-order valence-electron chi connectivity index (χ4n) is 2.42. The molecule has 1 aliphatic heterocycles. The third kappa shape index (κ3) is 2.60. The molecule has 0 fully saturated rings. The summed E-state index contributed by atoms with van der Waals surface area (Å²) in [6, 6.07) is 6.65. The van der Waals surface area contributed by atoms with Crippen LogP contribution >= 0.6 is 0 Å². The molecule has 0 aromatic heterocycles. The Hall–Kier alpha value is -1.51. The molecule has 0 amide bonds. The van der Waals surface area contributed by atoms with Gasteiger partial charge in [-0.3, -0.25) is 5.41 Å². The molecule has 3 N–H and O–H groups in total. The third-order valence-corrected chi connectivity index (χ3v) is 3.47. The van der Waals surface area contributed by atoms with Crippen molar-refractivity contribution in [1.29, 1.82) is 5.41 Å². The highest BCUT2D eigenvalue weighted by atomic mass is 15.1. The second-order valence-corrected chi connectivity index (χ2v) is 5.04. The highest BCUT2D eigenvalue weighted by Gasteiger charge is 2.19. The third-order valence-electron chi connectivity index (χ3n) is 3.47. The summed E-state index contributed by atoms with van der Waals surface area (Å²) in [6.45, 7) is 6.08. The van der Waals surface area contributed by atoms with E-state index in [1.54, 1.807) is 0 Å². The van der Waals surface area contributed by atoms with Gasteiger partial charge in [-0.1, -0.05) is 24.6 Å². The summed E-state index contributed by atoms with van der Waals surface area (Å²) < 4.78 is 0. The van der Waals surface area contributed by atoms with Crippen molar-refractivity contribution in [1.82, 2.24) is 0 Å². The van der Waals surface area contributed by atoms with Crippen LogP contribution in [0.4, 0.5) is 5.69 Å². The summed E-state index contributed by atoms with van der Waals surface area (Å²) in [6.07, 6.45) is 2.36. The lowest BCUT2D eigenvalue weighted by atomic mass is 9.98. The number of benzene rings is 1. The van der Waals surface area contributed by atoms with Gasteiger partial charge in [0, 0.05) is 24.7 Å². The molecule has 0 radical (unpaired) electrons. The average molecular weight is 231 g/mol. The highest BCUT2D eigenvalue weighted by molar-refractivity contribution is 5.80. The second kappa shape index (κ2) is 4.78. The van der Waals surface area contributed by atoms with Crippen molar-refractivity contribution in [3.05, 3.63) is 29.3 Å². The molecule has 1 aliphatic rings. The SMILES string of the molecule is Cc1ccc2c(c1)CCCN2CC(C)C(=N)N. The van der Waals surface area contributed by atoms with Crippen LogP contribution in [0.5, 0.6) is 0 Å². The molecule has 1 aromatic carbocycles. The number of anilines is 1. The molecule has 0 saturated carbocycles. The van der Waals surface area contributed by atoms with E-state index in [9.17, 15) is 0 Å². The van der Waals surface area contributed by atoms with E-state index in [0.29, 0.717) is 0 Å². The first-order chi connectivity index (χ1) is 8.08. The van der Waals surface area contributed by atoms with Gasteiger partial charge in [0.05, 0.1) is 5.84 Å². The van der Waals surface area contributed by atoms with E-state index in [1.807, 2.05) is 6.92 Å². The zero-order valence-corrected chi connectivity index (χ0v) is 10.7. The number of nitrogens with one attached hydrogen (secondary N) is 1. The summed E-state index contributed by atoms with van der Waals surface area (Å²) >= 11 is 0. The van der Waals surface area contributed by atoms with Gasteiger partial charge in [0.25, 0.3) is 0 Å². The van der Waals surface area contributed by atoms with E-state index >= 15 is 0 Å². The number of rotatable bonds is 3. The number of amidine groups is 1. The zero-order chi connectivity index (χ0) is 12.4. The predicted octanol–water partition coefficient (Wildman–Crippen LogP) is 2.32. The molecule has 0 spiro atoms. The first kappa shape index (κ1) is 12.0. The Morgan fingerprint density at radius 1 is 1.53 bits per heavy atom. The largest absolute Gasteiger partial charge is 0.387 e. The molecule has 0 aliphatic carbocycles. The van der Waals surface area contributed by atoms with Crippen LogP contribution in [-0.2, 0) is 6.42 Å². The van der Waals surface area contributed by atoms with Crippen molar-refractivity contribution in [2.45, 2.75) is 26.7 Å². The van der Waals surface area contributed by atoms with Gasteiger partial charge in [0.15, 0.2) is 0 Å². The van der Waals surface area contributed by atoms with Gasteiger partial charge < -0.3 is 10.6 Å². The zero-order valence-electron chi connectivity index (χ0n) is 10.7. The lowest BCUT2D eigenvalue weighted by molar-refractivity contribution is 0.636. The van der Waals surface area contributed by atoms with E-state index in [4.69, 9.17) is 11.1 Å². The molecule has 3 nitrogen and oxygen atoms in total. The molecule has 1 unspecified atom stereocenters. The topological polar surface area (TPSA) is 53.1 Å². The number of hydrogen-bond acceptors (Lipinski definition) is 2. The Morgan fingerprint density at radius 2 is 2.29 bits per heavy atom. The van der Waals surface area contributed by atoms with Crippen LogP contribution in [0.1, 0.15) is 24.5 Å². The van der Waals surface area contributed by atoms with Crippen LogP contribution < -0.4 is 10.6 Å². The van der Waals surface area contributed by atoms with E-state index in [2.05, 4.69) is 30.0 Å². The fourth-order valence-corrected chi connectivity index (χ4v) is 2.42. The van der Waals surface area contributed by atoms with E-state index in [0.717, 1.165) is 13.1 Å². The van der Waals surface area contributed by atoms with E-state index in [1.165, 1.54) is 29.7 Å². The lowest BCUT2D eigenvalue weighted by Crippen LogP contribution is -2.37. The number of aryl methyl sites for hydroxylation is 2. The standard InChI is InChI=1S/C14H21N3/c1-10-5-6-13-12(8-10)4-3-7-17(13)9-11(2)14(15)16/h5-6,8,11H,3-4,7,9H2,1-2H3,(H3,15,16). The summed E-state index contributed by atoms with van der Waals surface area (Å²) in [5, 5.41) is 7.49. The van der Waals surface area contributed by atoms with Crippen molar-refractivity contribution in [2.24, 2.45) is 11.7 Å². The molecule has 1 heterocycles. The predicted molar refractivity (Wildman–Crippen MR) is 72.8 cm³/mol. The van der Waals surface area contributed by atoms with Gasteiger partial charge in [0.1, 0.15) is 0 Å². The quantitative estimate of drug-likeness (QED) is 0.619. The maximum atomic E-state index is 7.49. The van der Waals surface area contributed by atoms with Crippen molar-refractivity contribution in [3.8, 4) is 0 Å². The van der Waals surface area contributed by atoms with Crippen molar-refractivity contribution < 1.29 is 0 Å². The molecular weight excluding hydrogens is 210 g/mol. The molecular formula is C14H21N3.